The van der Waals surface area contributed by atoms with Crippen molar-refractivity contribution in [3.05, 3.63) is 65.0 Å². The predicted molar refractivity (Wildman–Crippen MR) is 105 cm³/mol. The van der Waals surface area contributed by atoms with E-state index in [1.54, 1.807) is 24.3 Å². The van der Waals surface area contributed by atoms with E-state index in [2.05, 4.69) is 0 Å². The van der Waals surface area contributed by atoms with E-state index in [1.807, 2.05) is 6.92 Å². The number of halogens is 1. The molecule has 1 fully saturated rings. The Kier molecular flexibility index (Phi) is 5.87. The van der Waals surface area contributed by atoms with Gasteiger partial charge in [0.15, 0.2) is 0 Å². The number of hydrogen-bond acceptors (Lipinski definition) is 5. The second kappa shape index (κ2) is 8.34. The zero-order valence-electron chi connectivity index (χ0n) is 16.4. The third-order valence-electron chi connectivity index (χ3n) is 4.85. The number of carbonyl (C=O) groups excluding carboxylic acids is 2. The molecule has 1 atom stereocenters. The Morgan fingerprint density at radius 1 is 1.10 bits per heavy atom. The summed E-state index contributed by atoms with van der Waals surface area (Å²) in [7, 11) is 2.86. The molecule has 6 nitrogen and oxygen atoms in total. The Balaban J connectivity index is 2.29. The first-order chi connectivity index (χ1) is 13.9. The molecule has 1 aliphatic rings. The van der Waals surface area contributed by atoms with Crippen LogP contribution in [-0.4, -0.2) is 42.5 Å². The Hall–Kier alpha value is -3.35. The fourth-order valence-corrected chi connectivity index (χ4v) is 3.58. The summed E-state index contributed by atoms with van der Waals surface area (Å²) in [5.74, 6) is -2.00. The number of aliphatic hydroxyl groups is 1. The molecule has 0 radical (unpaired) electrons. The summed E-state index contributed by atoms with van der Waals surface area (Å²) in [6.45, 7) is 2.19. The van der Waals surface area contributed by atoms with E-state index >= 15 is 0 Å². The van der Waals surface area contributed by atoms with Crippen LogP contribution in [0.2, 0.25) is 0 Å². The highest BCUT2D eigenvalue weighted by Gasteiger charge is 2.46. The fourth-order valence-electron chi connectivity index (χ4n) is 3.58. The number of likely N-dealkylation sites (tertiary alicyclic amines) is 1. The molecule has 1 saturated heterocycles. The molecule has 2 aromatic carbocycles. The average molecular weight is 399 g/mol. The zero-order chi connectivity index (χ0) is 21.1. The van der Waals surface area contributed by atoms with Gasteiger partial charge in [-0.15, -0.1) is 0 Å². The lowest BCUT2D eigenvalue weighted by atomic mass is 9.94. The number of rotatable bonds is 6. The lowest BCUT2D eigenvalue weighted by molar-refractivity contribution is -0.139. The number of carbonyl (C=O) groups is 2. The van der Waals surface area contributed by atoms with E-state index < -0.39 is 29.3 Å². The molecule has 0 aromatic heterocycles. The van der Waals surface area contributed by atoms with Crippen molar-refractivity contribution in [2.24, 2.45) is 0 Å². The van der Waals surface area contributed by atoms with Crippen molar-refractivity contribution >= 4 is 17.4 Å². The Bertz CT molecular complexity index is 985. The van der Waals surface area contributed by atoms with Crippen molar-refractivity contribution in [1.82, 2.24) is 4.90 Å². The van der Waals surface area contributed by atoms with Crippen molar-refractivity contribution in [2.45, 2.75) is 19.4 Å². The molecule has 1 heterocycles. The zero-order valence-corrected chi connectivity index (χ0v) is 16.4. The topological polar surface area (TPSA) is 76.1 Å². The summed E-state index contributed by atoms with van der Waals surface area (Å²) in [5.41, 5.74) is 0.429. The van der Waals surface area contributed by atoms with Crippen LogP contribution in [0.25, 0.3) is 5.76 Å². The summed E-state index contributed by atoms with van der Waals surface area (Å²) in [5, 5.41) is 11.0. The predicted octanol–water partition coefficient (Wildman–Crippen LogP) is 3.67. The first-order valence-electron chi connectivity index (χ1n) is 9.19. The summed E-state index contributed by atoms with van der Waals surface area (Å²) >= 11 is 0. The maximum atomic E-state index is 13.9. The van der Waals surface area contributed by atoms with Crippen LogP contribution >= 0.6 is 0 Å². The van der Waals surface area contributed by atoms with Crippen molar-refractivity contribution < 1.29 is 28.6 Å². The highest BCUT2D eigenvalue weighted by Crippen LogP contribution is 2.43. The number of para-hydroxylation sites is 1. The molecule has 0 aliphatic carbocycles. The minimum atomic E-state index is -0.862. The van der Waals surface area contributed by atoms with Crippen LogP contribution < -0.4 is 9.47 Å². The van der Waals surface area contributed by atoms with Crippen LogP contribution in [0.4, 0.5) is 4.39 Å². The molecular formula is C22H22FNO5. The SMILES string of the molecule is CCCN1C(=O)C(=O)/C(=C(/O)c2cc(F)ccc2OC)C1c1ccccc1OC. The lowest BCUT2D eigenvalue weighted by Gasteiger charge is -2.26. The number of Topliss-reactive ketones (excluding diaryl/α,β-unsaturated/α-hetero) is 1. The number of amides is 1. The second-order valence-corrected chi connectivity index (χ2v) is 6.58. The molecule has 29 heavy (non-hydrogen) atoms. The van der Waals surface area contributed by atoms with Crippen molar-refractivity contribution in [1.29, 1.82) is 0 Å². The first kappa shape index (κ1) is 20.4. The van der Waals surface area contributed by atoms with Gasteiger partial charge in [-0.1, -0.05) is 25.1 Å². The largest absolute Gasteiger partial charge is 0.507 e. The first-order valence-corrected chi connectivity index (χ1v) is 9.19. The maximum absolute atomic E-state index is 13.9. The van der Waals surface area contributed by atoms with Crippen molar-refractivity contribution in [2.75, 3.05) is 20.8 Å². The highest BCUT2D eigenvalue weighted by molar-refractivity contribution is 6.46. The van der Waals surface area contributed by atoms with E-state index in [0.717, 1.165) is 6.07 Å². The number of aliphatic hydroxyl groups excluding tert-OH is 1. The standard InChI is InChI=1S/C22H22FNO5/c1-4-11-24-19(14-7-5-6-8-16(14)28-2)18(21(26)22(24)27)20(25)15-12-13(23)9-10-17(15)29-3/h5-10,12,19,25H,4,11H2,1-3H3/b20-18+. The molecule has 0 spiro atoms. The molecule has 1 unspecified atom stereocenters. The van der Waals surface area contributed by atoms with Gasteiger partial charge in [0.25, 0.3) is 11.7 Å². The average Bonchev–Trinajstić information content (AvgIpc) is 2.98. The van der Waals surface area contributed by atoms with Gasteiger partial charge in [0.05, 0.1) is 31.4 Å². The van der Waals surface area contributed by atoms with Crippen LogP contribution in [0.5, 0.6) is 11.5 Å². The molecule has 1 aliphatic heterocycles. The van der Waals surface area contributed by atoms with E-state index in [-0.39, 0.29) is 16.9 Å². The Morgan fingerprint density at radius 3 is 2.45 bits per heavy atom. The van der Waals surface area contributed by atoms with E-state index in [0.29, 0.717) is 24.3 Å². The fraction of sp³-hybridized carbons (Fsp3) is 0.273. The molecule has 152 valence electrons. The molecule has 1 N–H and O–H groups in total. The van der Waals surface area contributed by atoms with Gasteiger partial charge in [0.2, 0.25) is 0 Å². The second-order valence-electron chi connectivity index (χ2n) is 6.58. The molecule has 2 aromatic rings. The van der Waals surface area contributed by atoms with Crippen LogP contribution in [-0.2, 0) is 9.59 Å². The summed E-state index contributed by atoms with van der Waals surface area (Å²) in [6, 6.07) is 9.71. The minimum absolute atomic E-state index is 0.00176. The quantitative estimate of drug-likeness (QED) is 0.456. The normalized spacial score (nSPS) is 18.2. The van der Waals surface area contributed by atoms with E-state index in [1.165, 1.54) is 31.3 Å². The highest BCUT2D eigenvalue weighted by atomic mass is 19.1. The third-order valence-corrected chi connectivity index (χ3v) is 4.85. The van der Waals surface area contributed by atoms with Gasteiger partial charge >= 0.3 is 0 Å². The van der Waals surface area contributed by atoms with Crippen LogP contribution in [0.3, 0.4) is 0 Å². The number of methoxy groups -OCH3 is 2. The lowest BCUT2D eigenvalue weighted by Crippen LogP contribution is -2.30. The van der Waals surface area contributed by atoms with Crippen LogP contribution in [0.1, 0.15) is 30.5 Å². The number of hydrogen-bond donors (Lipinski definition) is 1. The maximum Gasteiger partial charge on any atom is 0.295 e. The smallest absolute Gasteiger partial charge is 0.295 e. The van der Waals surface area contributed by atoms with Gasteiger partial charge in [-0.2, -0.15) is 0 Å². The molecule has 0 bridgehead atoms. The van der Waals surface area contributed by atoms with Gasteiger partial charge in [-0.05, 0) is 30.7 Å². The molecular weight excluding hydrogens is 377 g/mol. The molecule has 3 rings (SSSR count). The molecule has 7 heteroatoms. The molecule has 0 saturated carbocycles. The van der Waals surface area contributed by atoms with E-state index in [4.69, 9.17) is 9.47 Å². The number of ether oxygens (including phenoxy) is 2. The van der Waals surface area contributed by atoms with Gasteiger partial charge in [0, 0.05) is 12.1 Å². The summed E-state index contributed by atoms with van der Waals surface area (Å²) in [6.07, 6.45) is 0.613. The van der Waals surface area contributed by atoms with Gasteiger partial charge in [-0.25, -0.2) is 4.39 Å². The third kappa shape index (κ3) is 3.55. The van der Waals surface area contributed by atoms with Crippen LogP contribution in [0, 0.1) is 5.82 Å². The number of benzene rings is 2. The number of ketones is 1. The van der Waals surface area contributed by atoms with Crippen molar-refractivity contribution in [3.63, 3.8) is 0 Å². The van der Waals surface area contributed by atoms with Crippen LogP contribution in [0.15, 0.2) is 48.0 Å². The van der Waals surface area contributed by atoms with E-state index in [9.17, 15) is 19.1 Å². The Morgan fingerprint density at radius 2 is 1.79 bits per heavy atom. The monoisotopic (exact) mass is 399 g/mol. The van der Waals surface area contributed by atoms with Crippen molar-refractivity contribution in [3.8, 4) is 11.5 Å². The summed E-state index contributed by atoms with van der Waals surface area (Å²) in [4.78, 5) is 27.0. The van der Waals surface area contributed by atoms with Gasteiger partial charge in [0.1, 0.15) is 23.1 Å². The Labute approximate surface area is 168 Å². The minimum Gasteiger partial charge on any atom is -0.507 e. The van der Waals surface area contributed by atoms with Gasteiger partial charge in [-0.3, -0.25) is 9.59 Å². The summed E-state index contributed by atoms with van der Waals surface area (Å²) < 4.78 is 24.5. The number of nitrogens with zero attached hydrogens (tertiary/aromatic N) is 1. The van der Waals surface area contributed by atoms with Gasteiger partial charge < -0.3 is 19.5 Å². The molecule has 1 amide bonds.